The van der Waals surface area contributed by atoms with Gasteiger partial charge in [0, 0.05) is 49.9 Å². The summed E-state index contributed by atoms with van der Waals surface area (Å²) in [6.45, 7) is 4.75. The van der Waals surface area contributed by atoms with E-state index in [1.54, 1.807) is 0 Å². The minimum Gasteiger partial charge on any atom is -0.311 e. The van der Waals surface area contributed by atoms with Crippen molar-refractivity contribution in [2.24, 2.45) is 0 Å². The van der Waals surface area contributed by atoms with Crippen LogP contribution >= 0.6 is 0 Å². The molecule has 0 fully saturated rings. The molecule has 1 heterocycles. The SMILES string of the molecule is CC1(C)c2ccccc2-c2c3c1cccc3cc1c2c2ccc3ccccc3c2n1-c1ccc(N(c2ccccc2)c2ccccc2)cc1. The van der Waals surface area contributed by atoms with Crippen LogP contribution in [0.3, 0.4) is 0 Å². The molecule has 9 aromatic rings. The van der Waals surface area contributed by atoms with Gasteiger partial charge in [0.15, 0.2) is 0 Å². The first-order valence-electron chi connectivity index (χ1n) is 17.1. The highest BCUT2D eigenvalue weighted by molar-refractivity contribution is 6.28. The van der Waals surface area contributed by atoms with E-state index < -0.39 is 0 Å². The van der Waals surface area contributed by atoms with Gasteiger partial charge in [0.1, 0.15) is 0 Å². The number of para-hydroxylation sites is 2. The van der Waals surface area contributed by atoms with Crippen molar-refractivity contribution in [3.05, 3.63) is 181 Å². The van der Waals surface area contributed by atoms with Gasteiger partial charge >= 0.3 is 0 Å². The number of hydrogen-bond acceptors (Lipinski definition) is 1. The van der Waals surface area contributed by atoms with Crippen LogP contribution in [-0.2, 0) is 5.41 Å². The zero-order valence-corrected chi connectivity index (χ0v) is 27.6. The second-order valence-electron chi connectivity index (χ2n) is 13.8. The van der Waals surface area contributed by atoms with E-state index in [0.717, 1.165) is 22.7 Å². The average molecular weight is 627 g/mol. The van der Waals surface area contributed by atoms with E-state index in [0.29, 0.717) is 0 Å². The molecule has 0 atom stereocenters. The average Bonchev–Trinajstić information content (AvgIpc) is 3.49. The number of hydrogen-bond donors (Lipinski definition) is 0. The largest absolute Gasteiger partial charge is 0.311 e. The molecule has 0 unspecified atom stereocenters. The highest BCUT2D eigenvalue weighted by Crippen LogP contribution is 2.53. The third-order valence-electron chi connectivity index (χ3n) is 10.7. The van der Waals surface area contributed by atoms with Crippen LogP contribution in [0, 0.1) is 0 Å². The first kappa shape index (κ1) is 27.9. The molecule has 1 aliphatic carbocycles. The zero-order chi connectivity index (χ0) is 32.7. The van der Waals surface area contributed by atoms with Crippen LogP contribution in [0.4, 0.5) is 17.1 Å². The Kier molecular flexibility index (Phi) is 5.95. The lowest BCUT2D eigenvalue weighted by atomic mass is 9.68. The lowest BCUT2D eigenvalue weighted by Gasteiger charge is -2.35. The summed E-state index contributed by atoms with van der Waals surface area (Å²) < 4.78 is 2.51. The quantitative estimate of drug-likeness (QED) is 0.189. The van der Waals surface area contributed by atoms with Gasteiger partial charge in [-0.25, -0.2) is 0 Å². The Labute approximate surface area is 286 Å². The van der Waals surface area contributed by atoms with Crippen LogP contribution in [0.2, 0.25) is 0 Å². The fourth-order valence-electron chi connectivity index (χ4n) is 8.51. The molecular weight excluding hydrogens is 593 g/mol. The second-order valence-corrected chi connectivity index (χ2v) is 13.8. The molecule has 0 amide bonds. The Morgan fingerprint density at radius 1 is 0.469 bits per heavy atom. The molecule has 1 aliphatic rings. The van der Waals surface area contributed by atoms with Gasteiger partial charge in [0.05, 0.1) is 11.0 Å². The molecule has 10 rings (SSSR count). The van der Waals surface area contributed by atoms with Gasteiger partial charge in [-0.05, 0) is 87.4 Å². The normalized spacial score (nSPS) is 13.3. The molecule has 0 N–H and O–H groups in total. The van der Waals surface area contributed by atoms with Gasteiger partial charge in [-0.15, -0.1) is 0 Å². The van der Waals surface area contributed by atoms with Crippen LogP contribution in [0.25, 0.3) is 60.2 Å². The van der Waals surface area contributed by atoms with Gasteiger partial charge < -0.3 is 9.47 Å². The summed E-state index contributed by atoms with van der Waals surface area (Å²) in [7, 11) is 0. The minimum absolute atomic E-state index is 0.0962. The number of aromatic nitrogens is 1. The van der Waals surface area contributed by atoms with Crippen molar-refractivity contribution >= 4 is 60.4 Å². The fraction of sp³-hybridized carbons (Fsp3) is 0.0638. The van der Waals surface area contributed by atoms with Crippen molar-refractivity contribution < 1.29 is 0 Å². The van der Waals surface area contributed by atoms with E-state index in [2.05, 4.69) is 193 Å². The van der Waals surface area contributed by atoms with Gasteiger partial charge in [-0.3, -0.25) is 0 Å². The highest BCUT2D eigenvalue weighted by atomic mass is 15.1. The van der Waals surface area contributed by atoms with E-state index in [4.69, 9.17) is 0 Å². The molecule has 1 aromatic heterocycles. The summed E-state index contributed by atoms with van der Waals surface area (Å²) in [6, 6.07) is 62.2. The van der Waals surface area contributed by atoms with E-state index in [1.807, 2.05) is 0 Å². The Hall–Kier alpha value is -6.12. The van der Waals surface area contributed by atoms with E-state index in [1.165, 1.54) is 65.6 Å². The van der Waals surface area contributed by atoms with Gasteiger partial charge in [-0.2, -0.15) is 0 Å². The molecule has 232 valence electrons. The van der Waals surface area contributed by atoms with Crippen molar-refractivity contribution in [3.63, 3.8) is 0 Å². The van der Waals surface area contributed by atoms with Gasteiger partial charge in [0.2, 0.25) is 0 Å². The van der Waals surface area contributed by atoms with Crippen molar-refractivity contribution in [1.29, 1.82) is 0 Å². The monoisotopic (exact) mass is 626 g/mol. The summed E-state index contributed by atoms with van der Waals surface area (Å²) in [5.74, 6) is 0. The van der Waals surface area contributed by atoms with E-state index >= 15 is 0 Å². The Morgan fingerprint density at radius 3 is 1.84 bits per heavy atom. The maximum atomic E-state index is 2.51. The summed E-state index contributed by atoms with van der Waals surface area (Å²) in [4.78, 5) is 2.32. The molecule has 2 heteroatoms. The zero-order valence-electron chi connectivity index (χ0n) is 27.6. The molecule has 0 spiro atoms. The Bertz CT molecular complexity index is 2680. The van der Waals surface area contributed by atoms with Crippen LogP contribution < -0.4 is 4.90 Å². The van der Waals surface area contributed by atoms with Crippen molar-refractivity contribution in [3.8, 4) is 16.8 Å². The molecule has 0 aliphatic heterocycles. The highest BCUT2D eigenvalue weighted by Gasteiger charge is 2.35. The van der Waals surface area contributed by atoms with Crippen molar-refractivity contribution in [2.75, 3.05) is 4.90 Å². The molecule has 49 heavy (non-hydrogen) atoms. The summed E-state index contributed by atoms with van der Waals surface area (Å²) in [5, 5.41) is 7.78. The maximum Gasteiger partial charge on any atom is 0.0619 e. The first-order chi connectivity index (χ1) is 24.1. The van der Waals surface area contributed by atoms with Crippen LogP contribution in [-0.4, -0.2) is 4.57 Å². The number of rotatable bonds is 4. The third kappa shape index (κ3) is 4.01. The molecule has 2 nitrogen and oxygen atoms in total. The van der Waals surface area contributed by atoms with Gasteiger partial charge in [0.25, 0.3) is 0 Å². The van der Waals surface area contributed by atoms with Crippen molar-refractivity contribution in [1.82, 2.24) is 4.57 Å². The van der Waals surface area contributed by atoms with Crippen LogP contribution in [0.15, 0.2) is 170 Å². The smallest absolute Gasteiger partial charge is 0.0619 e. The fourth-order valence-corrected chi connectivity index (χ4v) is 8.51. The molecule has 8 aromatic carbocycles. The lowest BCUT2D eigenvalue weighted by molar-refractivity contribution is 0.645. The third-order valence-corrected chi connectivity index (χ3v) is 10.7. The number of anilines is 3. The van der Waals surface area contributed by atoms with E-state index in [-0.39, 0.29) is 5.41 Å². The Morgan fingerprint density at radius 2 is 1.08 bits per heavy atom. The predicted molar refractivity (Wildman–Crippen MR) is 208 cm³/mol. The van der Waals surface area contributed by atoms with Crippen molar-refractivity contribution in [2.45, 2.75) is 19.3 Å². The molecular formula is C47H34N2. The van der Waals surface area contributed by atoms with E-state index in [9.17, 15) is 0 Å². The second kappa shape index (κ2) is 10.4. The topological polar surface area (TPSA) is 8.17 Å². The predicted octanol–water partition coefficient (Wildman–Crippen LogP) is 12.9. The minimum atomic E-state index is -0.0962. The number of nitrogens with zero attached hydrogens (tertiary/aromatic N) is 2. The maximum absolute atomic E-state index is 2.51. The number of benzene rings is 8. The lowest BCUT2D eigenvalue weighted by Crippen LogP contribution is -2.23. The number of fused-ring (bicyclic) bond motifs is 8. The summed E-state index contributed by atoms with van der Waals surface area (Å²) in [5.41, 5.74) is 12.4. The standard InChI is InChI=1S/C47H34N2/c1-47(2)40-22-12-11-21-38(40)45-43-32(15-13-23-41(43)47)30-42-44(45)39-29-24-31-14-9-10-20-37(31)46(39)49(42)36-27-25-35(26-28-36)48(33-16-5-3-6-17-33)34-18-7-4-8-19-34/h3-30H,1-2H3. The van der Waals surface area contributed by atoms with Crippen LogP contribution in [0.5, 0.6) is 0 Å². The first-order valence-corrected chi connectivity index (χ1v) is 17.1. The molecule has 0 radical (unpaired) electrons. The summed E-state index contributed by atoms with van der Waals surface area (Å²) >= 11 is 0. The molecule has 0 saturated heterocycles. The van der Waals surface area contributed by atoms with Gasteiger partial charge in [-0.1, -0.05) is 129 Å². The molecule has 0 saturated carbocycles. The molecule has 0 bridgehead atoms. The Balaban J connectivity index is 1.30. The van der Waals surface area contributed by atoms with Crippen LogP contribution in [0.1, 0.15) is 25.0 Å². The summed E-state index contributed by atoms with van der Waals surface area (Å²) in [6.07, 6.45) is 0.